The Morgan fingerprint density at radius 3 is 2.76 bits per heavy atom. The molecule has 0 aliphatic carbocycles. The standard InChI is InChI=1S/C17H17NO3/c19-17(12-21-13-6-2-1-3-7-13)18-15-10-11-20-16-9-5-4-8-14(15)16/h1-9,15H,10-12H2,(H,18,19)/t15-/m0/s1. The summed E-state index contributed by atoms with van der Waals surface area (Å²) >= 11 is 0. The minimum atomic E-state index is -0.124. The maximum Gasteiger partial charge on any atom is 0.258 e. The molecule has 2 aromatic rings. The second kappa shape index (κ2) is 6.31. The molecule has 0 unspecified atom stereocenters. The lowest BCUT2D eigenvalue weighted by molar-refractivity contribution is -0.124. The van der Waals surface area contributed by atoms with Gasteiger partial charge in [0.15, 0.2) is 6.61 Å². The number of benzene rings is 2. The number of para-hydroxylation sites is 2. The van der Waals surface area contributed by atoms with E-state index < -0.39 is 0 Å². The molecule has 4 heteroatoms. The number of nitrogens with one attached hydrogen (secondary N) is 1. The lowest BCUT2D eigenvalue weighted by Gasteiger charge is -2.26. The van der Waals surface area contributed by atoms with Crippen LogP contribution in [0.5, 0.6) is 11.5 Å². The maximum absolute atomic E-state index is 12.0. The van der Waals surface area contributed by atoms with Crippen LogP contribution in [0.15, 0.2) is 54.6 Å². The third-order valence-electron chi connectivity index (χ3n) is 3.41. The lowest BCUT2D eigenvalue weighted by Crippen LogP contribution is -2.35. The Kier molecular flexibility index (Phi) is 4.05. The maximum atomic E-state index is 12.0. The highest BCUT2D eigenvalue weighted by atomic mass is 16.5. The Labute approximate surface area is 123 Å². The molecule has 2 aromatic carbocycles. The Bertz CT molecular complexity index is 612. The van der Waals surface area contributed by atoms with Gasteiger partial charge in [0.05, 0.1) is 12.6 Å². The first-order valence-corrected chi connectivity index (χ1v) is 7.02. The molecule has 0 saturated heterocycles. The molecular formula is C17H17NO3. The number of amides is 1. The summed E-state index contributed by atoms with van der Waals surface area (Å²) in [6.45, 7) is 0.630. The van der Waals surface area contributed by atoms with E-state index in [1.807, 2.05) is 54.6 Å². The molecule has 1 aliphatic heterocycles. The first-order chi connectivity index (χ1) is 10.3. The third-order valence-corrected chi connectivity index (χ3v) is 3.41. The van der Waals surface area contributed by atoms with Gasteiger partial charge < -0.3 is 14.8 Å². The number of fused-ring (bicyclic) bond motifs is 1. The van der Waals surface area contributed by atoms with Crippen LogP contribution in [0.2, 0.25) is 0 Å². The summed E-state index contributed by atoms with van der Waals surface area (Å²) in [6, 6.07) is 17.1. The van der Waals surface area contributed by atoms with Gasteiger partial charge in [0.25, 0.3) is 5.91 Å². The molecule has 1 heterocycles. The molecule has 0 spiro atoms. The Balaban J connectivity index is 1.58. The zero-order chi connectivity index (χ0) is 14.5. The Hall–Kier alpha value is -2.49. The first-order valence-electron chi connectivity index (χ1n) is 7.02. The lowest BCUT2D eigenvalue weighted by atomic mass is 10.0. The van der Waals surface area contributed by atoms with Crippen LogP contribution in [0, 0.1) is 0 Å². The van der Waals surface area contributed by atoms with Gasteiger partial charge in [-0.25, -0.2) is 0 Å². The fourth-order valence-electron chi connectivity index (χ4n) is 2.39. The molecular weight excluding hydrogens is 266 g/mol. The Morgan fingerprint density at radius 2 is 1.90 bits per heavy atom. The van der Waals surface area contributed by atoms with Crippen LogP contribution >= 0.6 is 0 Å². The normalized spacial score (nSPS) is 16.5. The van der Waals surface area contributed by atoms with Crippen molar-refractivity contribution in [3.05, 3.63) is 60.2 Å². The fourth-order valence-corrected chi connectivity index (χ4v) is 2.39. The number of hydrogen-bond donors (Lipinski definition) is 1. The number of hydrogen-bond acceptors (Lipinski definition) is 3. The van der Waals surface area contributed by atoms with Crippen LogP contribution in [0.3, 0.4) is 0 Å². The quantitative estimate of drug-likeness (QED) is 0.938. The van der Waals surface area contributed by atoms with Gasteiger partial charge in [0, 0.05) is 12.0 Å². The van der Waals surface area contributed by atoms with Gasteiger partial charge in [-0.3, -0.25) is 4.79 Å². The van der Waals surface area contributed by atoms with Crippen LogP contribution in [0.1, 0.15) is 18.0 Å². The van der Waals surface area contributed by atoms with E-state index in [4.69, 9.17) is 9.47 Å². The number of carbonyl (C=O) groups excluding carboxylic acids is 1. The van der Waals surface area contributed by atoms with E-state index in [1.165, 1.54) is 0 Å². The molecule has 1 amide bonds. The van der Waals surface area contributed by atoms with Crippen molar-refractivity contribution in [3.8, 4) is 11.5 Å². The van der Waals surface area contributed by atoms with E-state index >= 15 is 0 Å². The molecule has 1 atom stereocenters. The molecule has 0 radical (unpaired) electrons. The van der Waals surface area contributed by atoms with Crippen molar-refractivity contribution in [3.63, 3.8) is 0 Å². The van der Waals surface area contributed by atoms with Crippen LogP contribution in [-0.2, 0) is 4.79 Å². The monoisotopic (exact) mass is 283 g/mol. The topological polar surface area (TPSA) is 47.6 Å². The molecule has 4 nitrogen and oxygen atoms in total. The molecule has 21 heavy (non-hydrogen) atoms. The first kappa shape index (κ1) is 13.5. The number of rotatable bonds is 4. The number of carbonyl (C=O) groups is 1. The predicted octanol–water partition coefficient (Wildman–Crippen LogP) is 2.71. The SMILES string of the molecule is O=C(COc1ccccc1)N[C@H]1CCOc2ccccc21. The molecule has 1 N–H and O–H groups in total. The van der Waals surface area contributed by atoms with E-state index in [1.54, 1.807) is 0 Å². The summed E-state index contributed by atoms with van der Waals surface area (Å²) in [7, 11) is 0. The molecule has 108 valence electrons. The summed E-state index contributed by atoms with van der Waals surface area (Å²) < 4.78 is 11.0. The highest BCUT2D eigenvalue weighted by Crippen LogP contribution is 2.31. The molecule has 0 fully saturated rings. The van der Waals surface area contributed by atoms with Crippen molar-refractivity contribution >= 4 is 5.91 Å². The van der Waals surface area contributed by atoms with Gasteiger partial charge in [-0.05, 0) is 18.2 Å². The van der Waals surface area contributed by atoms with E-state index in [-0.39, 0.29) is 18.6 Å². The molecule has 0 aromatic heterocycles. The molecule has 1 aliphatic rings. The van der Waals surface area contributed by atoms with Gasteiger partial charge in [0.1, 0.15) is 11.5 Å². The fraction of sp³-hybridized carbons (Fsp3) is 0.235. The smallest absolute Gasteiger partial charge is 0.258 e. The van der Waals surface area contributed by atoms with E-state index in [9.17, 15) is 4.79 Å². The average molecular weight is 283 g/mol. The van der Waals surface area contributed by atoms with E-state index in [0.29, 0.717) is 12.4 Å². The minimum Gasteiger partial charge on any atom is -0.493 e. The summed E-state index contributed by atoms with van der Waals surface area (Å²) in [5.74, 6) is 1.42. The average Bonchev–Trinajstić information content (AvgIpc) is 2.54. The van der Waals surface area contributed by atoms with Crippen molar-refractivity contribution in [2.75, 3.05) is 13.2 Å². The zero-order valence-electron chi connectivity index (χ0n) is 11.6. The molecule has 3 rings (SSSR count). The Morgan fingerprint density at radius 1 is 1.14 bits per heavy atom. The van der Waals surface area contributed by atoms with Gasteiger partial charge in [-0.15, -0.1) is 0 Å². The highest BCUT2D eigenvalue weighted by molar-refractivity contribution is 5.78. The van der Waals surface area contributed by atoms with Crippen LogP contribution in [0.4, 0.5) is 0 Å². The van der Waals surface area contributed by atoms with Crippen LogP contribution in [-0.4, -0.2) is 19.1 Å². The largest absolute Gasteiger partial charge is 0.493 e. The van der Waals surface area contributed by atoms with Crippen molar-refractivity contribution in [2.45, 2.75) is 12.5 Å². The van der Waals surface area contributed by atoms with Crippen molar-refractivity contribution in [2.24, 2.45) is 0 Å². The van der Waals surface area contributed by atoms with Crippen molar-refractivity contribution < 1.29 is 14.3 Å². The van der Waals surface area contributed by atoms with E-state index in [2.05, 4.69) is 5.32 Å². The van der Waals surface area contributed by atoms with Gasteiger partial charge in [-0.1, -0.05) is 36.4 Å². The zero-order valence-corrected chi connectivity index (χ0v) is 11.6. The van der Waals surface area contributed by atoms with Crippen LogP contribution < -0.4 is 14.8 Å². The van der Waals surface area contributed by atoms with Crippen LogP contribution in [0.25, 0.3) is 0 Å². The van der Waals surface area contributed by atoms with Gasteiger partial charge in [-0.2, -0.15) is 0 Å². The highest BCUT2D eigenvalue weighted by Gasteiger charge is 2.22. The predicted molar refractivity (Wildman–Crippen MR) is 79.4 cm³/mol. The van der Waals surface area contributed by atoms with Crippen molar-refractivity contribution in [1.82, 2.24) is 5.32 Å². The summed E-state index contributed by atoms with van der Waals surface area (Å²) in [5.41, 5.74) is 1.02. The van der Waals surface area contributed by atoms with E-state index in [0.717, 1.165) is 17.7 Å². The molecule has 0 saturated carbocycles. The summed E-state index contributed by atoms with van der Waals surface area (Å²) in [6.07, 6.45) is 0.772. The van der Waals surface area contributed by atoms with Gasteiger partial charge >= 0.3 is 0 Å². The second-order valence-corrected chi connectivity index (χ2v) is 4.90. The van der Waals surface area contributed by atoms with Gasteiger partial charge in [0.2, 0.25) is 0 Å². The van der Waals surface area contributed by atoms with Crippen molar-refractivity contribution in [1.29, 1.82) is 0 Å². The molecule has 0 bridgehead atoms. The minimum absolute atomic E-state index is 0.0122. The summed E-state index contributed by atoms with van der Waals surface area (Å²) in [5, 5.41) is 3.00. The number of ether oxygens (including phenoxy) is 2. The summed E-state index contributed by atoms with van der Waals surface area (Å²) in [4.78, 5) is 12.0. The third kappa shape index (κ3) is 3.34. The second-order valence-electron chi connectivity index (χ2n) is 4.90.